The number of benzene rings is 1. The summed E-state index contributed by atoms with van der Waals surface area (Å²) in [5, 5.41) is 10.5. The molecule has 0 aliphatic rings. The minimum absolute atomic E-state index is 0.0160. The van der Waals surface area contributed by atoms with Crippen molar-refractivity contribution >= 4 is 11.5 Å². The van der Waals surface area contributed by atoms with Gasteiger partial charge in [0.25, 0.3) is 5.69 Å². The second-order valence-corrected chi connectivity index (χ2v) is 5.38. The van der Waals surface area contributed by atoms with Crippen molar-refractivity contribution < 1.29 is 9.72 Å². The van der Waals surface area contributed by atoms with Gasteiger partial charge in [-0.2, -0.15) is 0 Å². The first-order valence-corrected chi connectivity index (χ1v) is 5.53. The van der Waals surface area contributed by atoms with Crippen molar-refractivity contribution in [3.63, 3.8) is 0 Å². The van der Waals surface area contributed by atoms with E-state index in [4.69, 9.17) is 0 Å². The van der Waals surface area contributed by atoms with Gasteiger partial charge in [0.15, 0.2) is 0 Å². The number of carbonyl (C=O) groups excluding carboxylic acids is 1. The zero-order chi connectivity index (χ0) is 13.1. The van der Waals surface area contributed by atoms with Gasteiger partial charge in [-0.05, 0) is 11.0 Å². The lowest BCUT2D eigenvalue weighted by Gasteiger charge is -2.16. The van der Waals surface area contributed by atoms with Crippen LogP contribution in [-0.2, 0) is 11.2 Å². The Balaban J connectivity index is 2.64. The number of Topliss-reactive ketones (excluding diaryl/α,β-unsaturated/α-hetero) is 1. The maximum atomic E-state index is 11.7. The lowest BCUT2D eigenvalue weighted by Crippen LogP contribution is -2.14. The maximum Gasteiger partial charge on any atom is 0.269 e. The second-order valence-electron chi connectivity index (χ2n) is 5.38. The Morgan fingerprint density at radius 3 is 2.18 bits per heavy atom. The van der Waals surface area contributed by atoms with Gasteiger partial charge in [0.2, 0.25) is 0 Å². The van der Waals surface area contributed by atoms with Gasteiger partial charge in [-0.15, -0.1) is 0 Å². The molecule has 0 unspecified atom stereocenters. The third kappa shape index (κ3) is 4.76. The van der Waals surface area contributed by atoms with E-state index in [2.05, 4.69) is 0 Å². The van der Waals surface area contributed by atoms with Crippen molar-refractivity contribution in [3.05, 3.63) is 39.9 Å². The summed E-state index contributed by atoms with van der Waals surface area (Å²) in [5.41, 5.74) is 0.861. The first kappa shape index (κ1) is 13.4. The Hall–Kier alpha value is -1.71. The number of ketones is 1. The van der Waals surface area contributed by atoms with Crippen LogP contribution in [0.2, 0.25) is 0 Å². The Morgan fingerprint density at radius 2 is 1.76 bits per heavy atom. The summed E-state index contributed by atoms with van der Waals surface area (Å²) < 4.78 is 0. The number of nitro benzene ring substituents is 1. The van der Waals surface area contributed by atoms with Crippen LogP contribution in [-0.4, -0.2) is 10.7 Å². The van der Waals surface area contributed by atoms with Crippen LogP contribution in [0.4, 0.5) is 5.69 Å². The lowest BCUT2D eigenvalue weighted by atomic mass is 9.88. The Bertz CT molecular complexity index is 415. The molecule has 92 valence electrons. The quantitative estimate of drug-likeness (QED) is 0.595. The van der Waals surface area contributed by atoms with Crippen LogP contribution < -0.4 is 0 Å². The molecule has 1 aromatic rings. The van der Waals surface area contributed by atoms with E-state index in [1.165, 1.54) is 12.1 Å². The molecule has 1 aromatic carbocycles. The summed E-state index contributed by atoms with van der Waals surface area (Å²) in [6, 6.07) is 6.14. The van der Waals surface area contributed by atoms with Crippen LogP contribution in [0.25, 0.3) is 0 Å². The van der Waals surface area contributed by atoms with Crippen LogP contribution >= 0.6 is 0 Å². The SMILES string of the molecule is CC(C)(C)CC(=O)Cc1ccc([N+](=O)[O-])cc1. The average Bonchev–Trinajstić information content (AvgIpc) is 2.15. The van der Waals surface area contributed by atoms with Gasteiger partial charge in [0.05, 0.1) is 4.92 Å². The molecule has 4 nitrogen and oxygen atoms in total. The van der Waals surface area contributed by atoms with E-state index in [-0.39, 0.29) is 16.9 Å². The Morgan fingerprint density at radius 1 is 1.24 bits per heavy atom. The molecule has 0 heterocycles. The molecule has 0 radical (unpaired) electrons. The largest absolute Gasteiger partial charge is 0.299 e. The highest BCUT2D eigenvalue weighted by Gasteiger charge is 2.16. The summed E-state index contributed by atoms with van der Waals surface area (Å²) in [4.78, 5) is 21.7. The maximum absolute atomic E-state index is 11.7. The van der Waals surface area contributed by atoms with Crippen molar-refractivity contribution in [2.45, 2.75) is 33.6 Å². The molecule has 0 aliphatic heterocycles. The van der Waals surface area contributed by atoms with Gasteiger partial charge in [-0.1, -0.05) is 32.9 Å². The first-order chi connectivity index (χ1) is 7.78. The summed E-state index contributed by atoms with van der Waals surface area (Å²) in [5.74, 6) is 0.159. The molecule has 0 N–H and O–H groups in total. The monoisotopic (exact) mass is 235 g/mol. The molecule has 4 heteroatoms. The van der Waals surface area contributed by atoms with Crippen molar-refractivity contribution in [3.8, 4) is 0 Å². The Labute approximate surface area is 101 Å². The van der Waals surface area contributed by atoms with Gasteiger partial charge in [0, 0.05) is 25.0 Å². The summed E-state index contributed by atoms with van der Waals surface area (Å²) >= 11 is 0. The molecule has 0 amide bonds. The molecule has 0 fully saturated rings. The fourth-order valence-corrected chi connectivity index (χ4v) is 1.62. The number of nitro groups is 1. The molecule has 0 aromatic heterocycles. The van der Waals surface area contributed by atoms with E-state index in [0.29, 0.717) is 12.8 Å². The first-order valence-electron chi connectivity index (χ1n) is 5.53. The number of hydrogen-bond acceptors (Lipinski definition) is 3. The summed E-state index contributed by atoms with van der Waals surface area (Å²) in [6.07, 6.45) is 0.860. The number of hydrogen-bond donors (Lipinski definition) is 0. The average molecular weight is 235 g/mol. The predicted molar refractivity (Wildman–Crippen MR) is 65.9 cm³/mol. The molecule has 0 saturated heterocycles. The van der Waals surface area contributed by atoms with Gasteiger partial charge in [-0.3, -0.25) is 14.9 Å². The van der Waals surface area contributed by atoms with E-state index >= 15 is 0 Å². The number of nitrogens with zero attached hydrogens (tertiary/aromatic N) is 1. The van der Waals surface area contributed by atoms with Crippen molar-refractivity contribution in [2.24, 2.45) is 5.41 Å². The minimum atomic E-state index is -0.444. The highest BCUT2D eigenvalue weighted by atomic mass is 16.6. The molecule has 0 spiro atoms. The zero-order valence-corrected chi connectivity index (χ0v) is 10.4. The zero-order valence-electron chi connectivity index (χ0n) is 10.4. The van der Waals surface area contributed by atoms with E-state index in [1.54, 1.807) is 12.1 Å². The highest BCUT2D eigenvalue weighted by molar-refractivity contribution is 5.81. The third-order valence-electron chi connectivity index (χ3n) is 2.28. The molecule has 0 bridgehead atoms. The molecule has 17 heavy (non-hydrogen) atoms. The number of rotatable bonds is 4. The molecule has 0 atom stereocenters. The standard InChI is InChI=1S/C13H17NO3/c1-13(2,3)9-12(15)8-10-4-6-11(7-5-10)14(16)17/h4-7H,8-9H2,1-3H3. The van der Waals surface area contributed by atoms with E-state index in [9.17, 15) is 14.9 Å². The van der Waals surface area contributed by atoms with Gasteiger partial charge in [-0.25, -0.2) is 0 Å². The predicted octanol–water partition coefficient (Wildman–Crippen LogP) is 3.14. The van der Waals surface area contributed by atoms with E-state index in [1.807, 2.05) is 20.8 Å². The molecular weight excluding hydrogens is 218 g/mol. The molecule has 0 aliphatic carbocycles. The van der Waals surface area contributed by atoms with Gasteiger partial charge in [0.1, 0.15) is 5.78 Å². The number of non-ortho nitro benzene ring substituents is 1. The minimum Gasteiger partial charge on any atom is -0.299 e. The van der Waals surface area contributed by atoms with Gasteiger partial charge >= 0.3 is 0 Å². The van der Waals surface area contributed by atoms with Crippen molar-refractivity contribution in [2.75, 3.05) is 0 Å². The van der Waals surface area contributed by atoms with Crippen molar-refractivity contribution in [1.82, 2.24) is 0 Å². The van der Waals surface area contributed by atoms with Gasteiger partial charge < -0.3 is 0 Å². The second kappa shape index (κ2) is 5.08. The summed E-state index contributed by atoms with van der Waals surface area (Å²) in [6.45, 7) is 6.04. The van der Waals surface area contributed by atoms with Crippen LogP contribution in [0.3, 0.4) is 0 Å². The van der Waals surface area contributed by atoms with Crippen LogP contribution in [0.15, 0.2) is 24.3 Å². The fraction of sp³-hybridized carbons (Fsp3) is 0.462. The third-order valence-corrected chi connectivity index (χ3v) is 2.28. The molecule has 1 rings (SSSR count). The van der Waals surface area contributed by atoms with E-state index < -0.39 is 4.92 Å². The van der Waals surface area contributed by atoms with E-state index in [0.717, 1.165) is 5.56 Å². The number of carbonyl (C=O) groups is 1. The Kier molecular flexibility index (Phi) is 3.99. The van der Waals surface area contributed by atoms with Crippen LogP contribution in [0.1, 0.15) is 32.8 Å². The lowest BCUT2D eigenvalue weighted by molar-refractivity contribution is -0.384. The normalized spacial score (nSPS) is 11.2. The molecular formula is C13H17NO3. The molecule has 0 saturated carbocycles. The smallest absolute Gasteiger partial charge is 0.269 e. The fourth-order valence-electron chi connectivity index (χ4n) is 1.62. The van der Waals surface area contributed by atoms with Crippen LogP contribution in [0, 0.1) is 15.5 Å². The topological polar surface area (TPSA) is 60.2 Å². The van der Waals surface area contributed by atoms with Crippen molar-refractivity contribution in [1.29, 1.82) is 0 Å². The summed E-state index contributed by atoms with van der Waals surface area (Å²) in [7, 11) is 0. The van der Waals surface area contributed by atoms with Crippen LogP contribution in [0.5, 0.6) is 0 Å². The highest BCUT2D eigenvalue weighted by Crippen LogP contribution is 2.20.